The van der Waals surface area contributed by atoms with E-state index in [0.717, 1.165) is 29.0 Å². The van der Waals surface area contributed by atoms with Crippen LogP contribution < -0.4 is 10.5 Å². The maximum absolute atomic E-state index is 5.99. The standard InChI is InChI=1S/C15H19N3O2/c1-9-5-10(2)14(19-8-11-3-4-11)12(6-9)15-17-13(7-16)20-18-15/h5-6,11H,3-4,7-8,16H2,1-2H3. The summed E-state index contributed by atoms with van der Waals surface area (Å²) in [7, 11) is 0. The monoisotopic (exact) mass is 273 g/mol. The minimum atomic E-state index is 0.246. The van der Waals surface area contributed by atoms with E-state index in [1.807, 2.05) is 19.9 Å². The number of hydrogen-bond acceptors (Lipinski definition) is 5. The largest absolute Gasteiger partial charge is 0.492 e. The Kier molecular flexibility index (Phi) is 3.44. The van der Waals surface area contributed by atoms with Crippen LogP contribution in [0, 0.1) is 19.8 Å². The number of rotatable bonds is 5. The molecule has 0 unspecified atom stereocenters. The van der Waals surface area contributed by atoms with Crippen molar-refractivity contribution in [3.8, 4) is 17.1 Å². The fourth-order valence-electron chi connectivity index (χ4n) is 2.24. The summed E-state index contributed by atoms with van der Waals surface area (Å²) in [6.07, 6.45) is 2.53. The quantitative estimate of drug-likeness (QED) is 0.906. The lowest BCUT2D eigenvalue weighted by atomic mass is 10.0. The molecule has 1 aromatic carbocycles. The molecule has 5 heteroatoms. The number of nitrogens with zero attached hydrogens (tertiary/aromatic N) is 2. The van der Waals surface area contributed by atoms with Crippen LogP contribution in [0.1, 0.15) is 29.9 Å². The fraction of sp³-hybridized carbons (Fsp3) is 0.467. The highest BCUT2D eigenvalue weighted by atomic mass is 16.5. The van der Waals surface area contributed by atoms with Crippen molar-refractivity contribution in [3.63, 3.8) is 0 Å². The lowest BCUT2D eigenvalue weighted by molar-refractivity contribution is 0.298. The van der Waals surface area contributed by atoms with Crippen LogP contribution in [0.3, 0.4) is 0 Å². The van der Waals surface area contributed by atoms with Gasteiger partial charge in [0.25, 0.3) is 0 Å². The van der Waals surface area contributed by atoms with Gasteiger partial charge in [-0.25, -0.2) is 0 Å². The van der Waals surface area contributed by atoms with Gasteiger partial charge < -0.3 is 15.0 Å². The highest BCUT2D eigenvalue weighted by Crippen LogP contribution is 2.35. The Labute approximate surface area is 118 Å². The van der Waals surface area contributed by atoms with Gasteiger partial charge in [-0.05, 0) is 49.8 Å². The summed E-state index contributed by atoms with van der Waals surface area (Å²) < 4.78 is 11.1. The number of ether oxygens (including phenoxy) is 1. The minimum Gasteiger partial charge on any atom is -0.492 e. The van der Waals surface area contributed by atoms with Crippen molar-refractivity contribution in [1.29, 1.82) is 0 Å². The number of aromatic nitrogens is 2. The maximum atomic E-state index is 5.99. The van der Waals surface area contributed by atoms with Gasteiger partial charge in [-0.1, -0.05) is 11.2 Å². The zero-order valence-corrected chi connectivity index (χ0v) is 11.8. The third kappa shape index (κ3) is 2.67. The zero-order valence-electron chi connectivity index (χ0n) is 11.8. The molecule has 1 aliphatic rings. The smallest absolute Gasteiger partial charge is 0.240 e. The predicted molar refractivity (Wildman–Crippen MR) is 75.3 cm³/mol. The summed E-state index contributed by atoms with van der Waals surface area (Å²) >= 11 is 0. The van der Waals surface area contributed by atoms with Gasteiger partial charge in [0, 0.05) is 0 Å². The molecule has 0 bridgehead atoms. The van der Waals surface area contributed by atoms with Gasteiger partial charge in [-0.3, -0.25) is 0 Å². The van der Waals surface area contributed by atoms with E-state index in [0.29, 0.717) is 17.6 Å². The van der Waals surface area contributed by atoms with Gasteiger partial charge in [0.15, 0.2) is 0 Å². The second-order valence-corrected chi connectivity index (χ2v) is 5.43. The van der Waals surface area contributed by atoms with E-state index in [2.05, 4.69) is 16.2 Å². The molecule has 3 rings (SSSR count). The van der Waals surface area contributed by atoms with Gasteiger partial charge in [0.1, 0.15) is 5.75 Å². The molecular formula is C15H19N3O2. The van der Waals surface area contributed by atoms with Crippen LogP contribution in [0.5, 0.6) is 5.75 Å². The van der Waals surface area contributed by atoms with Crippen molar-refractivity contribution in [2.45, 2.75) is 33.2 Å². The molecule has 2 N–H and O–H groups in total. The fourth-order valence-corrected chi connectivity index (χ4v) is 2.24. The summed E-state index contributed by atoms with van der Waals surface area (Å²) in [6, 6.07) is 4.13. The lowest BCUT2D eigenvalue weighted by Crippen LogP contribution is -2.03. The van der Waals surface area contributed by atoms with Crippen molar-refractivity contribution in [1.82, 2.24) is 10.1 Å². The Morgan fingerprint density at radius 1 is 1.35 bits per heavy atom. The van der Waals surface area contributed by atoms with Crippen molar-refractivity contribution >= 4 is 0 Å². The molecule has 1 fully saturated rings. The molecule has 5 nitrogen and oxygen atoms in total. The van der Waals surface area contributed by atoms with E-state index in [1.165, 1.54) is 12.8 Å². The molecule has 1 aromatic heterocycles. The summed E-state index contributed by atoms with van der Waals surface area (Å²) in [5.41, 5.74) is 8.64. The molecule has 0 aliphatic heterocycles. The molecule has 0 saturated heterocycles. The molecule has 0 atom stereocenters. The van der Waals surface area contributed by atoms with E-state index < -0.39 is 0 Å². The molecular weight excluding hydrogens is 254 g/mol. The first-order valence-corrected chi connectivity index (χ1v) is 6.94. The first-order valence-electron chi connectivity index (χ1n) is 6.94. The number of nitrogens with two attached hydrogens (primary N) is 1. The summed E-state index contributed by atoms with van der Waals surface area (Å²) in [5.74, 6) is 2.54. The van der Waals surface area contributed by atoms with Crippen molar-refractivity contribution in [2.75, 3.05) is 6.61 Å². The summed E-state index contributed by atoms with van der Waals surface area (Å²) in [5, 5.41) is 4.00. The minimum absolute atomic E-state index is 0.246. The third-order valence-electron chi connectivity index (χ3n) is 3.46. The van der Waals surface area contributed by atoms with E-state index >= 15 is 0 Å². The van der Waals surface area contributed by atoms with Crippen LogP contribution in [-0.4, -0.2) is 16.7 Å². The SMILES string of the molecule is Cc1cc(C)c(OCC2CC2)c(-c2noc(CN)n2)c1. The Morgan fingerprint density at radius 2 is 2.15 bits per heavy atom. The first-order chi connectivity index (χ1) is 9.67. The molecule has 106 valence electrons. The number of hydrogen-bond donors (Lipinski definition) is 1. The first kappa shape index (κ1) is 13.1. The lowest BCUT2D eigenvalue weighted by Gasteiger charge is -2.13. The third-order valence-corrected chi connectivity index (χ3v) is 3.46. The summed E-state index contributed by atoms with van der Waals surface area (Å²) in [6.45, 7) is 5.10. The zero-order chi connectivity index (χ0) is 14.1. The molecule has 0 radical (unpaired) electrons. The van der Waals surface area contributed by atoms with Crippen LogP contribution in [0.4, 0.5) is 0 Å². The molecule has 20 heavy (non-hydrogen) atoms. The molecule has 1 heterocycles. The maximum Gasteiger partial charge on any atom is 0.240 e. The molecule has 0 amide bonds. The van der Waals surface area contributed by atoms with E-state index in [9.17, 15) is 0 Å². The van der Waals surface area contributed by atoms with Gasteiger partial charge in [-0.2, -0.15) is 4.98 Å². The van der Waals surface area contributed by atoms with Crippen LogP contribution in [0.2, 0.25) is 0 Å². The second kappa shape index (κ2) is 5.25. The Bertz CT molecular complexity index is 618. The molecule has 1 saturated carbocycles. The van der Waals surface area contributed by atoms with E-state index in [-0.39, 0.29) is 6.54 Å². The number of aryl methyl sites for hydroxylation is 2. The van der Waals surface area contributed by atoms with Crippen LogP contribution in [0.15, 0.2) is 16.7 Å². The Balaban J connectivity index is 1.97. The average molecular weight is 273 g/mol. The van der Waals surface area contributed by atoms with Crippen molar-refractivity contribution in [3.05, 3.63) is 29.2 Å². The highest BCUT2D eigenvalue weighted by molar-refractivity contribution is 5.67. The summed E-state index contributed by atoms with van der Waals surface area (Å²) in [4.78, 5) is 4.30. The van der Waals surface area contributed by atoms with Crippen LogP contribution >= 0.6 is 0 Å². The van der Waals surface area contributed by atoms with Crippen LogP contribution in [-0.2, 0) is 6.54 Å². The van der Waals surface area contributed by atoms with Gasteiger partial charge in [0.05, 0.1) is 18.7 Å². The van der Waals surface area contributed by atoms with Crippen LogP contribution in [0.25, 0.3) is 11.4 Å². The van der Waals surface area contributed by atoms with E-state index in [1.54, 1.807) is 0 Å². The Morgan fingerprint density at radius 3 is 2.80 bits per heavy atom. The molecule has 1 aliphatic carbocycles. The predicted octanol–water partition coefficient (Wildman–Crippen LogP) is 2.60. The molecule has 0 spiro atoms. The normalized spacial score (nSPS) is 14.6. The highest BCUT2D eigenvalue weighted by Gasteiger charge is 2.24. The average Bonchev–Trinajstić information content (AvgIpc) is 3.12. The second-order valence-electron chi connectivity index (χ2n) is 5.43. The van der Waals surface area contributed by atoms with Gasteiger partial charge in [0.2, 0.25) is 11.7 Å². The topological polar surface area (TPSA) is 74.2 Å². The van der Waals surface area contributed by atoms with Crippen molar-refractivity contribution < 1.29 is 9.26 Å². The van der Waals surface area contributed by atoms with E-state index in [4.69, 9.17) is 15.0 Å². The Hall–Kier alpha value is -1.88. The number of benzene rings is 1. The molecule has 2 aromatic rings. The van der Waals surface area contributed by atoms with Gasteiger partial charge in [-0.15, -0.1) is 0 Å². The van der Waals surface area contributed by atoms with Crippen molar-refractivity contribution in [2.24, 2.45) is 11.7 Å². The van der Waals surface area contributed by atoms with Gasteiger partial charge >= 0.3 is 0 Å².